The summed E-state index contributed by atoms with van der Waals surface area (Å²) >= 11 is 0. The van der Waals surface area contributed by atoms with Crippen LogP contribution >= 0.6 is 0 Å². The summed E-state index contributed by atoms with van der Waals surface area (Å²) in [4.78, 5) is 9.74. The van der Waals surface area contributed by atoms with Crippen molar-refractivity contribution in [2.75, 3.05) is 19.6 Å². The zero-order chi connectivity index (χ0) is 12.6. The summed E-state index contributed by atoms with van der Waals surface area (Å²) in [6, 6.07) is 0. The first-order valence-corrected chi connectivity index (χ1v) is 6.30. The van der Waals surface area contributed by atoms with Gasteiger partial charge in [-0.05, 0) is 46.2 Å². The van der Waals surface area contributed by atoms with E-state index in [1.54, 1.807) is 0 Å². The molecule has 0 radical (unpaired) electrons. The standard InChI is InChI=1S/C7H13NO.C4H9N.C2H6/c1-3-7(2)4-5-8-6-9;1-2-4-5-3-1;1-2/h3,6H,4-5H2,1-2H3,(H,8,9);5H,1-4H2;1-2H3/b7-3-;;. The van der Waals surface area contributed by atoms with E-state index in [-0.39, 0.29) is 0 Å². The molecule has 0 saturated carbocycles. The molecule has 3 nitrogen and oxygen atoms in total. The van der Waals surface area contributed by atoms with Gasteiger partial charge in [0.25, 0.3) is 0 Å². The molecule has 0 aromatic rings. The van der Waals surface area contributed by atoms with E-state index in [4.69, 9.17) is 0 Å². The second kappa shape index (κ2) is 16.6. The van der Waals surface area contributed by atoms with Gasteiger partial charge < -0.3 is 10.6 Å². The number of carbonyl (C=O) groups is 1. The van der Waals surface area contributed by atoms with E-state index in [9.17, 15) is 4.79 Å². The Morgan fingerprint density at radius 1 is 1.31 bits per heavy atom. The maximum absolute atomic E-state index is 9.74. The number of carbonyl (C=O) groups excluding carboxylic acids is 1. The van der Waals surface area contributed by atoms with Crippen LogP contribution in [0, 0.1) is 0 Å². The smallest absolute Gasteiger partial charge is 0.207 e. The van der Waals surface area contributed by atoms with Crippen LogP contribution < -0.4 is 10.6 Å². The van der Waals surface area contributed by atoms with Gasteiger partial charge in [-0.25, -0.2) is 0 Å². The molecule has 16 heavy (non-hydrogen) atoms. The lowest BCUT2D eigenvalue weighted by Crippen LogP contribution is -2.11. The van der Waals surface area contributed by atoms with Crippen LogP contribution in [0.2, 0.25) is 0 Å². The molecule has 3 heteroatoms. The van der Waals surface area contributed by atoms with Gasteiger partial charge in [0.15, 0.2) is 0 Å². The van der Waals surface area contributed by atoms with E-state index in [1.807, 2.05) is 33.8 Å². The number of hydrogen-bond donors (Lipinski definition) is 2. The van der Waals surface area contributed by atoms with Crippen molar-refractivity contribution in [3.63, 3.8) is 0 Å². The van der Waals surface area contributed by atoms with Gasteiger partial charge in [-0.3, -0.25) is 4.79 Å². The van der Waals surface area contributed by atoms with E-state index in [2.05, 4.69) is 10.6 Å². The SMILES string of the molecule is C/C=C(/C)CCNC=O.C1CCNC1.CC. The molecule has 1 rings (SSSR count). The summed E-state index contributed by atoms with van der Waals surface area (Å²) in [6.07, 6.45) is 6.50. The number of hydrogen-bond acceptors (Lipinski definition) is 2. The molecule has 1 aliphatic heterocycles. The van der Waals surface area contributed by atoms with Gasteiger partial charge in [-0.2, -0.15) is 0 Å². The second-order valence-corrected chi connectivity index (χ2v) is 3.41. The molecule has 0 aliphatic carbocycles. The molecule has 1 amide bonds. The minimum atomic E-state index is 0.725. The predicted molar refractivity (Wildman–Crippen MR) is 71.6 cm³/mol. The Morgan fingerprint density at radius 3 is 2.19 bits per heavy atom. The van der Waals surface area contributed by atoms with E-state index in [1.165, 1.54) is 31.5 Å². The predicted octanol–water partition coefficient (Wildman–Crippen LogP) is 2.48. The zero-order valence-corrected chi connectivity index (χ0v) is 11.3. The summed E-state index contributed by atoms with van der Waals surface area (Å²) in [7, 11) is 0. The number of allylic oxidation sites excluding steroid dienone is 1. The van der Waals surface area contributed by atoms with Crippen LogP contribution in [0.15, 0.2) is 11.6 Å². The van der Waals surface area contributed by atoms with E-state index in [0.717, 1.165) is 19.4 Å². The van der Waals surface area contributed by atoms with Crippen molar-refractivity contribution in [3.05, 3.63) is 11.6 Å². The summed E-state index contributed by atoms with van der Waals surface area (Å²) in [5.74, 6) is 0. The molecule has 1 fully saturated rings. The van der Waals surface area contributed by atoms with Gasteiger partial charge in [0.2, 0.25) is 6.41 Å². The highest BCUT2D eigenvalue weighted by Crippen LogP contribution is 1.95. The van der Waals surface area contributed by atoms with Crippen molar-refractivity contribution >= 4 is 6.41 Å². The van der Waals surface area contributed by atoms with Crippen LogP contribution in [0.4, 0.5) is 0 Å². The summed E-state index contributed by atoms with van der Waals surface area (Å²) in [5.41, 5.74) is 1.31. The Hall–Kier alpha value is -0.830. The molecule has 0 spiro atoms. The Kier molecular flexibility index (Phi) is 18.2. The molecule has 1 saturated heterocycles. The molecular formula is C13H28N2O. The topological polar surface area (TPSA) is 41.1 Å². The largest absolute Gasteiger partial charge is 0.358 e. The van der Waals surface area contributed by atoms with E-state index >= 15 is 0 Å². The highest BCUT2D eigenvalue weighted by atomic mass is 16.1. The Labute approximate surface area is 101 Å². The zero-order valence-electron chi connectivity index (χ0n) is 11.3. The lowest BCUT2D eigenvalue weighted by molar-refractivity contribution is -0.109. The van der Waals surface area contributed by atoms with Crippen molar-refractivity contribution < 1.29 is 4.79 Å². The van der Waals surface area contributed by atoms with Crippen molar-refractivity contribution in [3.8, 4) is 0 Å². The highest BCUT2D eigenvalue weighted by molar-refractivity contribution is 5.45. The molecule has 0 aromatic carbocycles. The molecule has 0 atom stereocenters. The molecule has 0 bridgehead atoms. The van der Waals surface area contributed by atoms with Gasteiger partial charge in [0.05, 0.1) is 0 Å². The molecule has 1 heterocycles. The van der Waals surface area contributed by atoms with Crippen molar-refractivity contribution in [2.45, 2.75) is 47.0 Å². The minimum Gasteiger partial charge on any atom is -0.358 e. The summed E-state index contributed by atoms with van der Waals surface area (Å²) in [5, 5.41) is 5.81. The molecule has 1 aliphatic rings. The van der Waals surface area contributed by atoms with Gasteiger partial charge in [-0.15, -0.1) is 0 Å². The average Bonchev–Trinajstić information content (AvgIpc) is 2.90. The van der Waals surface area contributed by atoms with Gasteiger partial charge in [0, 0.05) is 6.54 Å². The van der Waals surface area contributed by atoms with Crippen LogP contribution in [0.3, 0.4) is 0 Å². The van der Waals surface area contributed by atoms with E-state index in [0.29, 0.717) is 0 Å². The maximum Gasteiger partial charge on any atom is 0.207 e. The monoisotopic (exact) mass is 228 g/mol. The van der Waals surface area contributed by atoms with Crippen LogP contribution in [-0.2, 0) is 4.79 Å². The van der Waals surface area contributed by atoms with Crippen molar-refractivity contribution in [1.82, 2.24) is 10.6 Å². The van der Waals surface area contributed by atoms with Crippen molar-refractivity contribution in [2.24, 2.45) is 0 Å². The summed E-state index contributed by atoms with van der Waals surface area (Å²) < 4.78 is 0. The summed E-state index contributed by atoms with van der Waals surface area (Å²) in [6.45, 7) is 11.3. The number of nitrogens with one attached hydrogen (secondary N) is 2. The Bertz CT molecular complexity index is 156. The number of amides is 1. The van der Waals surface area contributed by atoms with Crippen LogP contribution in [0.5, 0.6) is 0 Å². The minimum absolute atomic E-state index is 0.725. The molecule has 2 N–H and O–H groups in total. The Morgan fingerprint density at radius 2 is 1.88 bits per heavy atom. The quantitative estimate of drug-likeness (QED) is 0.441. The highest BCUT2D eigenvalue weighted by Gasteiger charge is 1.93. The molecular weight excluding hydrogens is 200 g/mol. The third-order valence-corrected chi connectivity index (χ3v) is 2.20. The number of rotatable bonds is 4. The maximum atomic E-state index is 9.74. The molecule has 0 aromatic heterocycles. The van der Waals surface area contributed by atoms with Gasteiger partial charge in [-0.1, -0.05) is 25.5 Å². The van der Waals surface area contributed by atoms with Gasteiger partial charge >= 0.3 is 0 Å². The van der Waals surface area contributed by atoms with Gasteiger partial charge in [0.1, 0.15) is 0 Å². The normalized spacial score (nSPS) is 14.1. The second-order valence-electron chi connectivity index (χ2n) is 3.41. The fourth-order valence-electron chi connectivity index (χ4n) is 1.10. The lowest BCUT2D eigenvalue weighted by atomic mass is 10.2. The third kappa shape index (κ3) is 15.6. The van der Waals surface area contributed by atoms with Crippen LogP contribution in [-0.4, -0.2) is 26.0 Å². The van der Waals surface area contributed by atoms with Crippen LogP contribution in [0.25, 0.3) is 0 Å². The molecule has 96 valence electrons. The fourth-order valence-corrected chi connectivity index (χ4v) is 1.10. The third-order valence-electron chi connectivity index (χ3n) is 2.20. The Balaban J connectivity index is 0. The molecule has 0 unspecified atom stereocenters. The average molecular weight is 228 g/mol. The fraction of sp³-hybridized carbons (Fsp3) is 0.769. The first-order chi connectivity index (χ1) is 7.81. The van der Waals surface area contributed by atoms with E-state index < -0.39 is 0 Å². The van der Waals surface area contributed by atoms with Crippen LogP contribution in [0.1, 0.15) is 47.0 Å². The van der Waals surface area contributed by atoms with Crippen molar-refractivity contribution in [1.29, 1.82) is 0 Å². The first-order valence-electron chi connectivity index (χ1n) is 6.30. The lowest BCUT2D eigenvalue weighted by Gasteiger charge is -1.96. The first kappa shape index (κ1) is 17.6.